The van der Waals surface area contributed by atoms with E-state index in [-0.39, 0.29) is 24.3 Å². The lowest BCUT2D eigenvalue weighted by Gasteiger charge is -2.32. The molecule has 0 aliphatic heterocycles. The summed E-state index contributed by atoms with van der Waals surface area (Å²) in [5, 5.41) is 3.27. The molecule has 3 aromatic carbocycles. The molecule has 1 atom stereocenters. The van der Waals surface area contributed by atoms with Crippen molar-refractivity contribution in [3.8, 4) is 0 Å². The Kier molecular flexibility index (Phi) is 8.36. The maximum absolute atomic E-state index is 13.8. The highest BCUT2D eigenvalue weighted by atomic mass is 16.2. The lowest BCUT2D eigenvalue weighted by atomic mass is 10.0. The minimum atomic E-state index is -0.573. The van der Waals surface area contributed by atoms with Crippen molar-refractivity contribution in [3.63, 3.8) is 0 Å². The molecule has 1 aliphatic carbocycles. The fraction of sp³-hybridized carbons (Fsp3) is 0.355. The standard InChI is InChI=1S/C31H36N2O2/c1-23-10-8-14-26(18-23)21-30(34)33(22-27-15-9-11-24(2)19-27)29(20-25-12-4-3-5-13-25)31(35)32-28-16-6-7-17-28/h3-5,8-15,18-19,28-29H,6-7,16-17,20-22H2,1-2H3,(H,32,35)/t29-/m1/s1. The Balaban J connectivity index is 1.66. The number of rotatable bonds is 9. The van der Waals surface area contributed by atoms with E-state index in [1.165, 1.54) is 0 Å². The van der Waals surface area contributed by atoms with Crippen LogP contribution in [0.4, 0.5) is 0 Å². The molecule has 0 bridgehead atoms. The van der Waals surface area contributed by atoms with Crippen LogP contribution in [0.5, 0.6) is 0 Å². The van der Waals surface area contributed by atoms with Crippen molar-refractivity contribution in [1.82, 2.24) is 10.2 Å². The van der Waals surface area contributed by atoms with Gasteiger partial charge in [0.2, 0.25) is 11.8 Å². The highest BCUT2D eigenvalue weighted by molar-refractivity contribution is 5.89. The number of nitrogens with one attached hydrogen (secondary N) is 1. The molecule has 1 aliphatic rings. The topological polar surface area (TPSA) is 49.4 Å². The summed E-state index contributed by atoms with van der Waals surface area (Å²) in [7, 11) is 0. The van der Waals surface area contributed by atoms with Crippen molar-refractivity contribution in [1.29, 1.82) is 0 Å². The van der Waals surface area contributed by atoms with Gasteiger partial charge in [0.15, 0.2) is 0 Å². The molecule has 35 heavy (non-hydrogen) atoms. The van der Waals surface area contributed by atoms with E-state index in [4.69, 9.17) is 0 Å². The molecule has 0 radical (unpaired) electrons. The lowest BCUT2D eigenvalue weighted by molar-refractivity contribution is -0.141. The normalized spacial score (nSPS) is 14.5. The highest BCUT2D eigenvalue weighted by Gasteiger charge is 2.32. The predicted molar refractivity (Wildman–Crippen MR) is 141 cm³/mol. The Labute approximate surface area is 209 Å². The molecule has 3 aromatic rings. The van der Waals surface area contributed by atoms with Gasteiger partial charge in [0.05, 0.1) is 6.42 Å². The second-order valence-electron chi connectivity index (χ2n) is 9.87. The third kappa shape index (κ3) is 7.05. The molecule has 4 rings (SSSR count). The fourth-order valence-electron chi connectivity index (χ4n) is 5.03. The maximum atomic E-state index is 13.8. The third-order valence-corrected chi connectivity index (χ3v) is 6.85. The van der Waals surface area contributed by atoms with Gasteiger partial charge in [0.1, 0.15) is 6.04 Å². The van der Waals surface area contributed by atoms with Gasteiger partial charge in [0, 0.05) is 19.0 Å². The molecule has 4 heteroatoms. The van der Waals surface area contributed by atoms with Crippen molar-refractivity contribution < 1.29 is 9.59 Å². The van der Waals surface area contributed by atoms with Crippen LogP contribution in [-0.2, 0) is 29.0 Å². The number of carbonyl (C=O) groups is 2. The van der Waals surface area contributed by atoms with Crippen LogP contribution in [0.15, 0.2) is 78.9 Å². The zero-order valence-corrected chi connectivity index (χ0v) is 20.9. The molecular weight excluding hydrogens is 432 g/mol. The van der Waals surface area contributed by atoms with Crippen molar-refractivity contribution in [2.24, 2.45) is 0 Å². The van der Waals surface area contributed by atoms with Crippen LogP contribution in [0.3, 0.4) is 0 Å². The quantitative estimate of drug-likeness (QED) is 0.448. The summed E-state index contributed by atoms with van der Waals surface area (Å²) in [5.41, 5.74) is 5.33. The van der Waals surface area contributed by atoms with Crippen LogP contribution in [-0.4, -0.2) is 28.8 Å². The first-order valence-electron chi connectivity index (χ1n) is 12.7. The Hall–Kier alpha value is -3.40. The first-order valence-corrected chi connectivity index (χ1v) is 12.7. The Morgan fingerprint density at radius 3 is 2.09 bits per heavy atom. The molecule has 1 saturated carbocycles. The second-order valence-corrected chi connectivity index (χ2v) is 9.87. The summed E-state index contributed by atoms with van der Waals surface area (Å²) in [5.74, 6) is -0.0781. The average Bonchev–Trinajstić information content (AvgIpc) is 3.35. The van der Waals surface area contributed by atoms with E-state index < -0.39 is 6.04 Å². The lowest BCUT2D eigenvalue weighted by Crippen LogP contribution is -2.52. The number of hydrogen-bond acceptors (Lipinski definition) is 2. The zero-order valence-electron chi connectivity index (χ0n) is 20.9. The minimum Gasteiger partial charge on any atom is -0.352 e. The maximum Gasteiger partial charge on any atom is 0.243 e. The van der Waals surface area contributed by atoms with E-state index in [2.05, 4.69) is 24.4 Å². The van der Waals surface area contributed by atoms with E-state index in [1.54, 1.807) is 4.90 Å². The highest BCUT2D eigenvalue weighted by Crippen LogP contribution is 2.21. The molecule has 182 valence electrons. The molecule has 0 heterocycles. The second kappa shape index (κ2) is 11.8. The Bertz CT molecular complexity index is 1140. The fourth-order valence-corrected chi connectivity index (χ4v) is 5.03. The van der Waals surface area contributed by atoms with Gasteiger partial charge in [-0.2, -0.15) is 0 Å². The number of nitrogens with zero attached hydrogens (tertiary/aromatic N) is 1. The smallest absolute Gasteiger partial charge is 0.243 e. The van der Waals surface area contributed by atoms with E-state index in [0.717, 1.165) is 53.5 Å². The van der Waals surface area contributed by atoms with Gasteiger partial charge >= 0.3 is 0 Å². The Morgan fingerprint density at radius 1 is 0.829 bits per heavy atom. The summed E-state index contributed by atoms with van der Waals surface area (Å²) in [4.78, 5) is 29.3. The van der Waals surface area contributed by atoms with Crippen LogP contribution in [0.25, 0.3) is 0 Å². The van der Waals surface area contributed by atoms with Gasteiger partial charge in [-0.05, 0) is 43.4 Å². The summed E-state index contributed by atoms with van der Waals surface area (Å²) >= 11 is 0. The predicted octanol–water partition coefficient (Wildman–Crippen LogP) is 5.54. The number of carbonyl (C=O) groups excluding carboxylic acids is 2. The van der Waals surface area contributed by atoms with Gasteiger partial charge in [0.25, 0.3) is 0 Å². The summed E-state index contributed by atoms with van der Waals surface area (Å²) in [6.45, 7) is 4.49. The molecule has 0 unspecified atom stereocenters. The van der Waals surface area contributed by atoms with Crippen molar-refractivity contribution in [3.05, 3.63) is 107 Å². The minimum absolute atomic E-state index is 0.0281. The average molecular weight is 469 g/mol. The van der Waals surface area contributed by atoms with Gasteiger partial charge in [-0.25, -0.2) is 0 Å². The van der Waals surface area contributed by atoms with E-state index >= 15 is 0 Å². The summed E-state index contributed by atoms with van der Waals surface area (Å²) in [6.07, 6.45) is 5.08. The summed E-state index contributed by atoms with van der Waals surface area (Å²) in [6, 6.07) is 25.9. The molecule has 2 amide bonds. The van der Waals surface area contributed by atoms with Crippen LogP contribution >= 0.6 is 0 Å². The van der Waals surface area contributed by atoms with Crippen LogP contribution < -0.4 is 5.32 Å². The van der Waals surface area contributed by atoms with Crippen LogP contribution in [0.1, 0.15) is 53.5 Å². The molecule has 0 spiro atoms. The van der Waals surface area contributed by atoms with E-state index in [1.807, 2.05) is 73.7 Å². The number of amides is 2. The molecule has 1 N–H and O–H groups in total. The monoisotopic (exact) mass is 468 g/mol. The summed E-state index contributed by atoms with van der Waals surface area (Å²) < 4.78 is 0. The number of aryl methyl sites for hydroxylation is 2. The third-order valence-electron chi connectivity index (χ3n) is 6.85. The Morgan fingerprint density at radius 2 is 1.43 bits per heavy atom. The van der Waals surface area contributed by atoms with E-state index in [0.29, 0.717) is 13.0 Å². The van der Waals surface area contributed by atoms with Gasteiger partial charge in [-0.3, -0.25) is 9.59 Å². The molecular formula is C31H36N2O2. The van der Waals surface area contributed by atoms with Crippen molar-refractivity contribution >= 4 is 11.8 Å². The number of hydrogen-bond donors (Lipinski definition) is 1. The van der Waals surface area contributed by atoms with Crippen LogP contribution in [0.2, 0.25) is 0 Å². The SMILES string of the molecule is Cc1cccc(CC(=O)N(Cc2cccc(C)c2)[C@H](Cc2ccccc2)C(=O)NC2CCCC2)c1. The van der Waals surface area contributed by atoms with Crippen LogP contribution in [0, 0.1) is 13.8 Å². The molecule has 4 nitrogen and oxygen atoms in total. The molecule has 1 fully saturated rings. The van der Waals surface area contributed by atoms with Crippen molar-refractivity contribution in [2.75, 3.05) is 0 Å². The zero-order chi connectivity index (χ0) is 24.6. The van der Waals surface area contributed by atoms with Gasteiger partial charge in [-0.15, -0.1) is 0 Å². The first kappa shape index (κ1) is 24.7. The molecule has 0 saturated heterocycles. The number of benzene rings is 3. The first-order chi connectivity index (χ1) is 17.0. The van der Waals surface area contributed by atoms with Crippen molar-refractivity contribution in [2.45, 2.75) is 71.0 Å². The van der Waals surface area contributed by atoms with Gasteiger partial charge < -0.3 is 10.2 Å². The van der Waals surface area contributed by atoms with E-state index in [9.17, 15) is 9.59 Å². The largest absolute Gasteiger partial charge is 0.352 e. The molecule has 0 aromatic heterocycles. The van der Waals surface area contributed by atoms with Gasteiger partial charge in [-0.1, -0.05) is 103 Å².